The van der Waals surface area contributed by atoms with Crippen LogP contribution in [0.15, 0.2) is 29.2 Å². The number of benzene rings is 1. The Morgan fingerprint density at radius 1 is 1.37 bits per heavy atom. The van der Waals surface area contributed by atoms with Gasteiger partial charge in [-0.3, -0.25) is 4.79 Å². The molecule has 0 bridgehead atoms. The molecule has 19 heavy (non-hydrogen) atoms. The van der Waals surface area contributed by atoms with Gasteiger partial charge in [0.05, 0.1) is 12.1 Å². The molecule has 0 aromatic heterocycles. The topological polar surface area (TPSA) is 40.5 Å². The predicted molar refractivity (Wildman–Crippen MR) is 80.7 cm³/mol. The fourth-order valence-electron chi connectivity index (χ4n) is 1.40. The minimum atomic E-state index is -0.512. The second kappa shape index (κ2) is 7.17. The fraction of sp³-hybridized carbons (Fsp3) is 0.500. The quantitative estimate of drug-likeness (QED) is 0.821. The number of amides is 1. The van der Waals surface area contributed by atoms with E-state index in [2.05, 4.69) is 0 Å². The van der Waals surface area contributed by atoms with E-state index in [0.29, 0.717) is 17.2 Å². The molecular formula is C14H20ClNO2S. The van der Waals surface area contributed by atoms with E-state index in [1.807, 2.05) is 38.1 Å². The zero-order chi connectivity index (χ0) is 14.5. The van der Waals surface area contributed by atoms with Crippen molar-refractivity contribution < 1.29 is 9.90 Å². The van der Waals surface area contributed by atoms with E-state index in [1.54, 1.807) is 23.7 Å². The maximum absolute atomic E-state index is 12.0. The molecule has 0 spiro atoms. The number of thioether (sulfide) groups is 1. The molecule has 3 nitrogen and oxygen atoms in total. The van der Waals surface area contributed by atoms with E-state index >= 15 is 0 Å². The van der Waals surface area contributed by atoms with Crippen molar-refractivity contribution in [3.63, 3.8) is 0 Å². The van der Waals surface area contributed by atoms with Crippen molar-refractivity contribution in [2.45, 2.75) is 30.7 Å². The first-order chi connectivity index (χ1) is 8.86. The molecule has 5 heteroatoms. The summed E-state index contributed by atoms with van der Waals surface area (Å²) in [6, 6.07) is 7.57. The van der Waals surface area contributed by atoms with E-state index < -0.39 is 5.54 Å². The van der Waals surface area contributed by atoms with E-state index in [1.165, 1.54) is 0 Å². The lowest BCUT2D eigenvalue weighted by atomic mass is 10.1. The molecule has 1 N–H and O–H groups in total. The number of likely N-dealkylation sites (N-methyl/N-ethyl adjacent to an activating group) is 1. The molecule has 1 aromatic rings. The van der Waals surface area contributed by atoms with Gasteiger partial charge >= 0.3 is 0 Å². The number of hydrogen-bond acceptors (Lipinski definition) is 3. The molecule has 0 radical (unpaired) electrons. The summed E-state index contributed by atoms with van der Waals surface area (Å²) >= 11 is 7.43. The Balaban J connectivity index is 2.41. The average Bonchev–Trinajstić information content (AvgIpc) is 2.40. The summed E-state index contributed by atoms with van der Waals surface area (Å²) in [6.07, 6.45) is 0.452. The van der Waals surface area contributed by atoms with Crippen molar-refractivity contribution in [1.29, 1.82) is 0 Å². The number of carbonyl (C=O) groups excluding carboxylic acids is 1. The van der Waals surface area contributed by atoms with E-state index in [0.717, 1.165) is 4.90 Å². The van der Waals surface area contributed by atoms with Crippen LogP contribution in [0, 0.1) is 0 Å². The summed E-state index contributed by atoms with van der Waals surface area (Å²) in [4.78, 5) is 14.7. The average molecular weight is 302 g/mol. The number of carbonyl (C=O) groups is 1. The lowest BCUT2D eigenvalue weighted by Crippen LogP contribution is -2.47. The van der Waals surface area contributed by atoms with Gasteiger partial charge in [-0.15, -0.1) is 11.8 Å². The highest BCUT2D eigenvalue weighted by atomic mass is 35.5. The number of nitrogens with zero attached hydrogens (tertiary/aromatic N) is 1. The smallest absolute Gasteiger partial charge is 0.223 e. The molecule has 0 fully saturated rings. The van der Waals surface area contributed by atoms with Crippen molar-refractivity contribution in [3.05, 3.63) is 29.3 Å². The molecule has 0 atom stereocenters. The molecule has 0 aliphatic heterocycles. The molecule has 0 unspecified atom stereocenters. The van der Waals surface area contributed by atoms with Crippen LogP contribution in [-0.4, -0.2) is 40.9 Å². The largest absolute Gasteiger partial charge is 0.394 e. The molecular weight excluding hydrogens is 282 g/mol. The number of halogens is 1. The van der Waals surface area contributed by atoms with Crippen LogP contribution in [0.25, 0.3) is 0 Å². The molecule has 0 aliphatic carbocycles. The lowest BCUT2D eigenvalue weighted by Gasteiger charge is -2.34. The van der Waals surface area contributed by atoms with Gasteiger partial charge in [-0.05, 0) is 38.1 Å². The van der Waals surface area contributed by atoms with Crippen LogP contribution in [-0.2, 0) is 4.79 Å². The monoisotopic (exact) mass is 301 g/mol. The van der Waals surface area contributed by atoms with Gasteiger partial charge < -0.3 is 10.0 Å². The first-order valence-corrected chi connectivity index (χ1v) is 7.49. The number of aliphatic hydroxyl groups is 1. The Kier molecular flexibility index (Phi) is 6.17. The summed E-state index contributed by atoms with van der Waals surface area (Å²) in [5.41, 5.74) is -0.512. The third-order valence-electron chi connectivity index (χ3n) is 3.07. The minimum absolute atomic E-state index is 0.0421. The molecule has 1 aromatic carbocycles. The van der Waals surface area contributed by atoms with Crippen LogP contribution >= 0.6 is 23.4 Å². The number of aliphatic hydroxyl groups excluding tert-OH is 1. The van der Waals surface area contributed by atoms with Crippen LogP contribution < -0.4 is 0 Å². The first-order valence-electron chi connectivity index (χ1n) is 6.13. The summed E-state index contributed by atoms with van der Waals surface area (Å²) in [7, 11) is 1.73. The van der Waals surface area contributed by atoms with Gasteiger partial charge in [0.1, 0.15) is 0 Å². The number of rotatable bonds is 6. The van der Waals surface area contributed by atoms with Gasteiger partial charge in [0.25, 0.3) is 0 Å². The van der Waals surface area contributed by atoms with E-state index in [4.69, 9.17) is 11.6 Å². The maximum atomic E-state index is 12.0. The molecule has 1 rings (SSSR count). The van der Waals surface area contributed by atoms with Gasteiger partial charge in [0, 0.05) is 29.1 Å². The highest BCUT2D eigenvalue weighted by Gasteiger charge is 2.26. The van der Waals surface area contributed by atoms with E-state index in [-0.39, 0.29) is 12.5 Å². The van der Waals surface area contributed by atoms with Crippen LogP contribution in [0.4, 0.5) is 0 Å². The van der Waals surface area contributed by atoms with Gasteiger partial charge in [0.15, 0.2) is 0 Å². The Morgan fingerprint density at radius 3 is 2.47 bits per heavy atom. The maximum Gasteiger partial charge on any atom is 0.223 e. The van der Waals surface area contributed by atoms with Gasteiger partial charge in [-0.1, -0.05) is 11.6 Å². The van der Waals surface area contributed by atoms with Crippen molar-refractivity contribution >= 4 is 29.3 Å². The van der Waals surface area contributed by atoms with Gasteiger partial charge in [-0.2, -0.15) is 0 Å². The van der Waals surface area contributed by atoms with E-state index in [9.17, 15) is 9.90 Å². The Morgan fingerprint density at radius 2 is 1.95 bits per heavy atom. The van der Waals surface area contributed by atoms with Gasteiger partial charge in [0.2, 0.25) is 5.91 Å². The van der Waals surface area contributed by atoms with Crippen LogP contribution in [0.5, 0.6) is 0 Å². The summed E-state index contributed by atoms with van der Waals surface area (Å²) in [6.45, 7) is 3.65. The Hall–Kier alpha value is -0.710. The highest BCUT2D eigenvalue weighted by Crippen LogP contribution is 2.22. The predicted octanol–water partition coefficient (Wildman–Crippen LogP) is 3.05. The normalized spacial score (nSPS) is 11.4. The lowest BCUT2D eigenvalue weighted by molar-refractivity contribution is -0.135. The SMILES string of the molecule is CN(C(=O)CCSc1ccc(Cl)cc1)C(C)(C)CO. The van der Waals surface area contributed by atoms with Crippen LogP contribution in [0.2, 0.25) is 5.02 Å². The second-order valence-corrected chi connectivity index (χ2v) is 6.58. The van der Waals surface area contributed by atoms with Crippen molar-refractivity contribution in [1.82, 2.24) is 4.90 Å². The fourth-order valence-corrected chi connectivity index (χ4v) is 2.37. The van der Waals surface area contributed by atoms with Gasteiger partial charge in [-0.25, -0.2) is 0 Å². The van der Waals surface area contributed by atoms with Crippen LogP contribution in [0.3, 0.4) is 0 Å². The van der Waals surface area contributed by atoms with Crippen molar-refractivity contribution in [3.8, 4) is 0 Å². The molecule has 106 valence electrons. The number of hydrogen-bond donors (Lipinski definition) is 1. The highest BCUT2D eigenvalue weighted by molar-refractivity contribution is 7.99. The van der Waals surface area contributed by atoms with Crippen molar-refractivity contribution in [2.24, 2.45) is 0 Å². The second-order valence-electron chi connectivity index (χ2n) is 4.98. The summed E-state index contributed by atoms with van der Waals surface area (Å²) < 4.78 is 0. The Bertz CT molecular complexity index is 420. The minimum Gasteiger partial charge on any atom is -0.394 e. The molecule has 1 amide bonds. The third kappa shape index (κ3) is 5.05. The Labute approximate surface area is 123 Å². The summed E-state index contributed by atoms with van der Waals surface area (Å²) in [5, 5.41) is 9.94. The third-order valence-corrected chi connectivity index (χ3v) is 4.33. The summed E-state index contributed by atoms with van der Waals surface area (Å²) in [5.74, 6) is 0.757. The molecule has 0 saturated heterocycles. The molecule has 0 heterocycles. The molecule has 0 aliphatic rings. The zero-order valence-electron chi connectivity index (χ0n) is 11.5. The first kappa shape index (κ1) is 16.3. The standard InChI is InChI=1S/C14H20ClNO2S/c1-14(2,10-17)16(3)13(18)8-9-19-12-6-4-11(15)5-7-12/h4-7,17H,8-10H2,1-3H3. The van der Waals surface area contributed by atoms with Crippen molar-refractivity contribution in [2.75, 3.05) is 19.4 Å². The zero-order valence-corrected chi connectivity index (χ0v) is 13.1. The molecule has 0 saturated carbocycles. The van der Waals surface area contributed by atoms with Crippen LogP contribution in [0.1, 0.15) is 20.3 Å².